The summed E-state index contributed by atoms with van der Waals surface area (Å²) in [4.78, 5) is 36.6. The van der Waals surface area contributed by atoms with E-state index in [1.165, 1.54) is 6.07 Å². The molecule has 2 aromatic carbocycles. The molecule has 0 fully saturated rings. The third-order valence-electron chi connectivity index (χ3n) is 5.66. The number of carboxylic acids is 1. The fourth-order valence-corrected chi connectivity index (χ4v) is 3.96. The number of ether oxygens (including phenoxy) is 3. The average molecular weight is 482 g/mol. The lowest BCUT2D eigenvalue weighted by Gasteiger charge is -2.14. The maximum atomic E-state index is 13.3. The Kier molecular flexibility index (Phi) is 7.24. The van der Waals surface area contributed by atoms with Crippen LogP contribution in [0.15, 0.2) is 45.6 Å². The lowest BCUT2D eigenvalue weighted by Crippen LogP contribution is -2.42. The topological polar surface area (TPSA) is 124 Å². The maximum absolute atomic E-state index is 13.3. The number of rotatable bonds is 8. The van der Waals surface area contributed by atoms with Crippen LogP contribution in [0.25, 0.3) is 22.1 Å². The van der Waals surface area contributed by atoms with Crippen molar-refractivity contribution in [3.8, 4) is 28.4 Å². The van der Waals surface area contributed by atoms with E-state index >= 15 is 0 Å². The molecule has 4 rings (SSSR count). The van der Waals surface area contributed by atoms with Gasteiger partial charge < -0.3 is 29.1 Å². The molecule has 0 radical (unpaired) electrons. The number of nitrogens with one attached hydrogen (secondary N) is 1. The second kappa shape index (κ2) is 10.5. The van der Waals surface area contributed by atoms with E-state index in [1.807, 2.05) is 6.92 Å². The lowest BCUT2D eigenvalue weighted by atomic mass is 10.0. The molecule has 9 heteroatoms. The molecule has 0 saturated carbocycles. The van der Waals surface area contributed by atoms with Gasteiger partial charge in [0.2, 0.25) is 5.43 Å². The first kappa shape index (κ1) is 24.1. The van der Waals surface area contributed by atoms with Crippen LogP contribution in [-0.2, 0) is 9.59 Å². The van der Waals surface area contributed by atoms with E-state index in [2.05, 4.69) is 5.32 Å². The van der Waals surface area contributed by atoms with E-state index in [9.17, 15) is 19.5 Å². The minimum Gasteiger partial charge on any atom is -0.490 e. The van der Waals surface area contributed by atoms with Gasteiger partial charge >= 0.3 is 5.97 Å². The van der Waals surface area contributed by atoms with Crippen molar-refractivity contribution in [2.45, 2.75) is 39.2 Å². The highest BCUT2D eigenvalue weighted by atomic mass is 16.5. The highest BCUT2D eigenvalue weighted by Crippen LogP contribution is 2.35. The highest BCUT2D eigenvalue weighted by molar-refractivity contribution is 5.85. The molecule has 1 amide bonds. The zero-order valence-electron chi connectivity index (χ0n) is 19.6. The summed E-state index contributed by atoms with van der Waals surface area (Å²) < 4.78 is 22.9. The molecule has 1 aliphatic heterocycles. The Bertz CT molecular complexity index is 1310. The van der Waals surface area contributed by atoms with Gasteiger partial charge in [0.15, 0.2) is 18.1 Å². The average Bonchev–Trinajstić information content (AvgIpc) is 3.07. The van der Waals surface area contributed by atoms with Gasteiger partial charge in [0, 0.05) is 12.5 Å². The Balaban J connectivity index is 1.55. The molecule has 0 bridgehead atoms. The number of fused-ring (bicyclic) bond motifs is 2. The van der Waals surface area contributed by atoms with Crippen molar-refractivity contribution in [3.63, 3.8) is 0 Å². The van der Waals surface area contributed by atoms with E-state index in [4.69, 9.17) is 18.6 Å². The number of hydrogen-bond acceptors (Lipinski definition) is 7. The summed E-state index contributed by atoms with van der Waals surface area (Å²) in [7, 11) is 0. The van der Waals surface area contributed by atoms with E-state index in [-0.39, 0.29) is 12.0 Å². The van der Waals surface area contributed by atoms with Crippen molar-refractivity contribution < 1.29 is 33.3 Å². The molecule has 0 saturated heterocycles. The SMILES string of the molecule is CCCC(NC(=O)COc1ccc2c(=O)c(-c3ccc4c(c3)OCCCO4)c(C)oc2c1)C(=O)O. The summed E-state index contributed by atoms with van der Waals surface area (Å²) in [5, 5.41) is 12.0. The largest absolute Gasteiger partial charge is 0.490 e. The fraction of sp³-hybridized carbons (Fsp3) is 0.346. The van der Waals surface area contributed by atoms with Crippen LogP contribution < -0.4 is 25.0 Å². The normalized spacial score (nSPS) is 13.7. The maximum Gasteiger partial charge on any atom is 0.326 e. The van der Waals surface area contributed by atoms with Gasteiger partial charge in [-0.25, -0.2) is 4.79 Å². The Labute approximate surface area is 201 Å². The van der Waals surface area contributed by atoms with E-state index in [0.29, 0.717) is 71.2 Å². The Morgan fingerprint density at radius 1 is 1.11 bits per heavy atom. The summed E-state index contributed by atoms with van der Waals surface area (Å²) >= 11 is 0. The standard InChI is InChI=1S/C26H27NO8/c1-3-5-19(26(30)31)27-23(28)14-34-17-7-8-18-21(13-17)35-15(2)24(25(18)29)16-6-9-20-22(12-16)33-11-4-10-32-20/h6-9,12-13,19H,3-5,10-11,14H2,1-2H3,(H,27,28)(H,30,31). The summed E-state index contributed by atoms with van der Waals surface area (Å²) in [6.07, 6.45) is 1.73. The van der Waals surface area contributed by atoms with Gasteiger partial charge in [-0.15, -0.1) is 0 Å². The Morgan fingerprint density at radius 2 is 1.89 bits per heavy atom. The number of aliphatic carboxylic acids is 1. The van der Waals surface area contributed by atoms with Crippen molar-refractivity contribution in [2.75, 3.05) is 19.8 Å². The molecular weight excluding hydrogens is 454 g/mol. The van der Waals surface area contributed by atoms with Crippen LogP contribution in [0.4, 0.5) is 0 Å². The zero-order chi connectivity index (χ0) is 24.9. The molecule has 9 nitrogen and oxygen atoms in total. The summed E-state index contributed by atoms with van der Waals surface area (Å²) in [6, 6.07) is 9.10. The highest BCUT2D eigenvalue weighted by Gasteiger charge is 2.20. The number of carboxylic acid groups (broad SMARTS) is 1. The van der Waals surface area contributed by atoms with Gasteiger partial charge in [0.1, 0.15) is 23.1 Å². The minimum absolute atomic E-state index is 0.202. The van der Waals surface area contributed by atoms with E-state index in [1.54, 1.807) is 37.3 Å². The van der Waals surface area contributed by atoms with Crippen LogP contribution in [0.2, 0.25) is 0 Å². The molecule has 2 N–H and O–H groups in total. The van der Waals surface area contributed by atoms with Crippen molar-refractivity contribution in [2.24, 2.45) is 0 Å². The first-order chi connectivity index (χ1) is 16.9. The Morgan fingerprint density at radius 3 is 2.63 bits per heavy atom. The van der Waals surface area contributed by atoms with Crippen LogP contribution in [0, 0.1) is 6.92 Å². The van der Waals surface area contributed by atoms with Crippen LogP contribution in [-0.4, -0.2) is 42.8 Å². The van der Waals surface area contributed by atoms with Gasteiger partial charge in [0.25, 0.3) is 5.91 Å². The summed E-state index contributed by atoms with van der Waals surface area (Å²) in [5.74, 6) is 0.340. The number of aryl methyl sites for hydroxylation is 1. The predicted molar refractivity (Wildman–Crippen MR) is 128 cm³/mol. The molecule has 35 heavy (non-hydrogen) atoms. The van der Waals surface area contributed by atoms with E-state index in [0.717, 1.165) is 6.42 Å². The molecule has 1 aliphatic rings. The van der Waals surface area contributed by atoms with Crippen molar-refractivity contribution >= 4 is 22.8 Å². The third kappa shape index (κ3) is 5.40. The number of carbonyl (C=O) groups is 2. The number of hydrogen-bond donors (Lipinski definition) is 2. The van der Waals surface area contributed by atoms with Crippen molar-refractivity contribution in [1.82, 2.24) is 5.32 Å². The number of benzene rings is 2. The zero-order valence-corrected chi connectivity index (χ0v) is 19.6. The predicted octanol–water partition coefficient (Wildman–Crippen LogP) is 3.68. The smallest absolute Gasteiger partial charge is 0.326 e. The van der Waals surface area contributed by atoms with Gasteiger partial charge in [-0.1, -0.05) is 19.4 Å². The molecule has 1 unspecified atom stereocenters. The van der Waals surface area contributed by atoms with Crippen LogP contribution in [0.5, 0.6) is 17.2 Å². The molecule has 184 valence electrons. The fourth-order valence-electron chi connectivity index (χ4n) is 3.96. The summed E-state index contributed by atoms with van der Waals surface area (Å²) in [5.41, 5.74) is 1.21. The molecule has 3 aromatic rings. The van der Waals surface area contributed by atoms with Gasteiger partial charge in [-0.05, 0) is 43.2 Å². The van der Waals surface area contributed by atoms with E-state index < -0.39 is 17.9 Å². The first-order valence-electron chi connectivity index (χ1n) is 11.5. The van der Waals surface area contributed by atoms with Crippen molar-refractivity contribution in [3.05, 3.63) is 52.4 Å². The molecule has 1 atom stereocenters. The molecule has 0 spiro atoms. The van der Waals surface area contributed by atoms with Crippen LogP contribution in [0.1, 0.15) is 31.9 Å². The molecule has 1 aromatic heterocycles. The monoisotopic (exact) mass is 481 g/mol. The first-order valence-corrected chi connectivity index (χ1v) is 11.5. The number of amides is 1. The third-order valence-corrected chi connectivity index (χ3v) is 5.66. The quantitative estimate of drug-likeness (QED) is 0.499. The molecule has 2 heterocycles. The molecule has 0 aliphatic carbocycles. The lowest BCUT2D eigenvalue weighted by molar-refractivity contribution is -0.142. The van der Waals surface area contributed by atoms with Gasteiger partial charge in [0.05, 0.1) is 24.2 Å². The second-order valence-corrected chi connectivity index (χ2v) is 8.27. The second-order valence-electron chi connectivity index (χ2n) is 8.27. The van der Waals surface area contributed by atoms with Crippen molar-refractivity contribution in [1.29, 1.82) is 0 Å². The van der Waals surface area contributed by atoms with Crippen LogP contribution >= 0.6 is 0 Å². The van der Waals surface area contributed by atoms with Gasteiger partial charge in [-0.2, -0.15) is 0 Å². The van der Waals surface area contributed by atoms with Gasteiger partial charge in [-0.3, -0.25) is 9.59 Å². The van der Waals surface area contributed by atoms with Crippen LogP contribution in [0.3, 0.4) is 0 Å². The summed E-state index contributed by atoms with van der Waals surface area (Å²) in [6.45, 7) is 4.30. The Hall–Kier alpha value is -4.01. The minimum atomic E-state index is -1.09. The number of carbonyl (C=O) groups excluding carboxylic acids is 1. The molecular formula is C26H27NO8.